The van der Waals surface area contributed by atoms with Gasteiger partial charge in [0.05, 0.1) is 6.67 Å². The van der Waals surface area contributed by atoms with E-state index in [0.29, 0.717) is 0 Å². The molecular formula is C8H15N3S3. The second-order valence-electron chi connectivity index (χ2n) is 2.78. The maximum Gasteiger partial charge on any atom is 0.181 e. The van der Waals surface area contributed by atoms with Crippen LogP contribution in [0.2, 0.25) is 0 Å². The molecule has 0 radical (unpaired) electrons. The van der Waals surface area contributed by atoms with Crippen LogP contribution in [-0.4, -0.2) is 34.0 Å². The van der Waals surface area contributed by atoms with Crippen molar-refractivity contribution in [3.05, 3.63) is 3.95 Å². The number of hydrogen-bond acceptors (Lipinski definition) is 5. The second-order valence-corrected chi connectivity index (χ2v) is 5.46. The van der Waals surface area contributed by atoms with Gasteiger partial charge in [-0.1, -0.05) is 36.9 Å². The standard InChI is InChI=1S/C8H15N3S3/c1-4-10(5-2)6-11-8(12)14-7(9-11)13-3/h4-6H2,1-3H3. The van der Waals surface area contributed by atoms with Gasteiger partial charge in [0.1, 0.15) is 0 Å². The molecule has 0 aliphatic carbocycles. The van der Waals surface area contributed by atoms with Crippen LogP contribution in [0.15, 0.2) is 4.34 Å². The summed E-state index contributed by atoms with van der Waals surface area (Å²) >= 11 is 8.46. The summed E-state index contributed by atoms with van der Waals surface area (Å²) in [5, 5.41) is 4.42. The van der Waals surface area contributed by atoms with Crippen molar-refractivity contribution in [3.63, 3.8) is 0 Å². The minimum atomic E-state index is 0.808. The van der Waals surface area contributed by atoms with Crippen molar-refractivity contribution in [1.29, 1.82) is 0 Å². The average molecular weight is 249 g/mol. The van der Waals surface area contributed by atoms with E-state index in [1.165, 1.54) is 0 Å². The molecule has 0 aliphatic rings. The molecule has 0 fully saturated rings. The first kappa shape index (κ1) is 12.2. The van der Waals surface area contributed by atoms with Crippen LogP contribution in [0.4, 0.5) is 0 Å². The SMILES string of the molecule is CCN(CC)Cn1nc(SC)sc1=S. The molecule has 80 valence electrons. The van der Waals surface area contributed by atoms with Gasteiger partial charge in [0.2, 0.25) is 0 Å². The first-order valence-electron chi connectivity index (χ1n) is 4.55. The molecule has 0 N–H and O–H groups in total. The molecule has 1 rings (SSSR count). The Balaban J connectivity index is 2.75. The highest BCUT2D eigenvalue weighted by Crippen LogP contribution is 2.18. The highest BCUT2D eigenvalue weighted by molar-refractivity contribution is 8.00. The number of nitrogens with zero attached hydrogens (tertiary/aromatic N) is 3. The predicted molar refractivity (Wildman–Crippen MR) is 65.6 cm³/mol. The van der Waals surface area contributed by atoms with E-state index in [0.717, 1.165) is 28.1 Å². The fourth-order valence-electron chi connectivity index (χ4n) is 1.07. The van der Waals surface area contributed by atoms with Crippen LogP contribution in [0.5, 0.6) is 0 Å². The first-order chi connectivity index (χ1) is 6.71. The Kier molecular flexibility index (Phi) is 5.08. The van der Waals surface area contributed by atoms with Gasteiger partial charge in [-0.2, -0.15) is 5.10 Å². The summed E-state index contributed by atoms with van der Waals surface area (Å²) in [6.45, 7) is 7.17. The van der Waals surface area contributed by atoms with Gasteiger partial charge in [-0.15, -0.1) is 0 Å². The molecule has 1 heterocycles. The fourth-order valence-corrected chi connectivity index (χ4v) is 2.81. The average Bonchev–Trinajstić information content (AvgIpc) is 2.56. The summed E-state index contributed by atoms with van der Waals surface area (Å²) in [5.41, 5.74) is 0. The van der Waals surface area contributed by atoms with E-state index in [4.69, 9.17) is 12.2 Å². The number of hydrogen-bond donors (Lipinski definition) is 0. The normalized spacial score (nSPS) is 11.1. The van der Waals surface area contributed by atoms with Gasteiger partial charge < -0.3 is 0 Å². The molecule has 0 bridgehead atoms. The van der Waals surface area contributed by atoms with E-state index in [-0.39, 0.29) is 0 Å². The molecule has 0 unspecified atom stereocenters. The molecule has 6 heteroatoms. The molecule has 0 spiro atoms. The van der Waals surface area contributed by atoms with Crippen molar-refractivity contribution in [1.82, 2.24) is 14.7 Å². The molecule has 0 aromatic carbocycles. The summed E-state index contributed by atoms with van der Waals surface area (Å²) in [4.78, 5) is 2.29. The van der Waals surface area contributed by atoms with Crippen LogP contribution in [0.1, 0.15) is 13.8 Å². The Morgan fingerprint density at radius 1 is 1.50 bits per heavy atom. The Morgan fingerprint density at radius 3 is 2.57 bits per heavy atom. The van der Waals surface area contributed by atoms with Crippen molar-refractivity contribution in [2.45, 2.75) is 24.9 Å². The van der Waals surface area contributed by atoms with Gasteiger partial charge in [-0.25, -0.2) is 4.68 Å². The van der Waals surface area contributed by atoms with Crippen LogP contribution < -0.4 is 0 Å². The number of thioether (sulfide) groups is 1. The van der Waals surface area contributed by atoms with Gasteiger partial charge >= 0.3 is 0 Å². The third-order valence-electron chi connectivity index (χ3n) is 1.99. The lowest BCUT2D eigenvalue weighted by atomic mass is 10.5. The molecular weight excluding hydrogens is 234 g/mol. The molecule has 0 amide bonds. The first-order valence-corrected chi connectivity index (χ1v) is 7.00. The quantitative estimate of drug-likeness (QED) is 0.590. The summed E-state index contributed by atoms with van der Waals surface area (Å²) in [6, 6.07) is 0. The summed E-state index contributed by atoms with van der Waals surface area (Å²) in [7, 11) is 0. The lowest BCUT2D eigenvalue weighted by molar-refractivity contribution is 0.226. The van der Waals surface area contributed by atoms with Crippen LogP contribution >= 0.6 is 35.3 Å². The molecule has 3 nitrogen and oxygen atoms in total. The third-order valence-corrected chi connectivity index (χ3v) is 4.27. The fraction of sp³-hybridized carbons (Fsp3) is 0.750. The highest BCUT2D eigenvalue weighted by atomic mass is 32.2. The van der Waals surface area contributed by atoms with E-state index < -0.39 is 0 Å². The zero-order valence-corrected chi connectivity index (χ0v) is 11.1. The molecule has 1 aromatic heterocycles. The largest absolute Gasteiger partial charge is 0.285 e. The number of rotatable bonds is 5. The van der Waals surface area contributed by atoms with Gasteiger partial charge in [0.25, 0.3) is 0 Å². The van der Waals surface area contributed by atoms with Crippen molar-refractivity contribution in [2.75, 3.05) is 19.3 Å². The van der Waals surface area contributed by atoms with Gasteiger partial charge in [-0.05, 0) is 31.6 Å². The Morgan fingerprint density at radius 2 is 2.14 bits per heavy atom. The van der Waals surface area contributed by atoms with Crippen LogP contribution in [0.3, 0.4) is 0 Å². The molecule has 1 aromatic rings. The lowest BCUT2D eigenvalue weighted by Crippen LogP contribution is -2.26. The third kappa shape index (κ3) is 3.05. The second kappa shape index (κ2) is 5.85. The molecule has 0 saturated carbocycles. The Hall–Kier alpha value is 0.0900. The zero-order chi connectivity index (χ0) is 10.6. The summed E-state index contributed by atoms with van der Waals surface area (Å²) in [6.07, 6.45) is 2.02. The summed E-state index contributed by atoms with van der Waals surface area (Å²) < 4.78 is 3.81. The predicted octanol–water partition coefficient (Wildman–Crippen LogP) is 2.70. The van der Waals surface area contributed by atoms with E-state index in [9.17, 15) is 0 Å². The van der Waals surface area contributed by atoms with Gasteiger partial charge in [0.15, 0.2) is 8.29 Å². The van der Waals surface area contributed by atoms with Crippen LogP contribution in [-0.2, 0) is 6.67 Å². The van der Waals surface area contributed by atoms with Crippen molar-refractivity contribution in [2.24, 2.45) is 0 Å². The van der Waals surface area contributed by atoms with Crippen LogP contribution in [0, 0.1) is 3.95 Å². The molecule has 0 aliphatic heterocycles. The van der Waals surface area contributed by atoms with Crippen molar-refractivity contribution < 1.29 is 0 Å². The smallest absolute Gasteiger partial charge is 0.181 e. The molecule has 14 heavy (non-hydrogen) atoms. The van der Waals surface area contributed by atoms with Crippen molar-refractivity contribution in [3.8, 4) is 0 Å². The molecule has 0 saturated heterocycles. The maximum absolute atomic E-state index is 5.23. The van der Waals surface area contributed by atoms with Gasteiger partial charge in [0, 0.05) is 0 Å². The van der Waals surface area contributed by atoms with E-state index in [1.54, 1.807) is 23.1 Å². The minimum absolute atomic E-state index is 0.808. The summed E-state index contributed by atoms with van der Waals surface area (Å²) in [5.74, 6) is 0. The lowest BCUT2D eigenvalue weighted by Gasteiger charge is -2.17. The van der Waals surface area contributed by atoms with Crippen molar-refractivity contribution >= 4 is 35.3 Å². The van der Waals surface area contributed by atoms with E-state index >= 15 is 0 Å². The zero-order valence-electron chi connectivity index (χ0n) is 8.69. The number of aromatic nitrogens is 2. The minimum Gasteiger partial charge on any atom is -0.285 e. The Bertz CT molecular complexity index is 327. The Labute approximate surface area is 98.1 Å². The highest BCUT2D eigenvalue weighted by Gasteiger charge is 2.05. The maximum atomic E-state index is 5.23. The topological polar surface area (TPSA) is 21.1 Å². The monoisotopic (exact) mass is 249 g/mol. The van der Waals surface area contributed by atoms with E-state index in [1.807, 2.05) is 10.9 Å². The van der Waals surface area contributed by atoms with Crippen LogP contribution in [0.25, 0.3) is 0 Å². The van der Waals surface area contributed by atoms with E-state index in [2.05, 4.69) is 23.8 Å². The molecule has 0 atom stereocenters. The van der Waals surface area contributed by atoms with Gasteiger partial charge in [-0.3, -0.25) is 4.90 Å².